The lowest BCUT2D eigenvalue weighted by Crippen LogP contribution is -2.27. The zero-order valence-electron chi connectivity index (χ0n) is 9.15. The van der Waals surface area contributed by atoms with Gasteiger partial charge in [0.25, 0.3) is 0 Å². The lowest BCUT2D eigenvalue weighted by atomic mass is 9.82. The van der Waals surface area contributed by atoms with Crippen molar-refractivity contribution in [3.8, 4) is 0 Å². The van der Waals surface area contributed by atoms with E-state index in [0.717, 1.165) is 25.7 Å². The minimum Gasteiger partial charge on any atom is -0.393 e. The van der Waals surface area contributed by atoms with Gasteiger partial charge >= 0.3 is 0 Å². The van der Waals surface area contributed by atoms with Gasteiger partial charge in [0.15, 0.2) is 0 Å². The summed E-state index contributed by atoms with van der Waals surface area (Å²) in [7, 11) is 0. The number of hydrogen-bond donors (Lipinski definition) is 2. The SMILES string of the molecule is Cc1ccsc1C(N)C1CCC(O)CC1. The quantitative estimate of drug-likeness (QED) is 0.812. The Morgan fingerprint density at radius 3 is 2.60 bits per heavy atom. The minimum absolute atomic E-state index is 0.0853. The topological polar surface area (TPSA) is 46.2 Å². The van der Waals surface area contributed by atoms with Gasteiger partial charge in [0.2, 0.25) is 0 Å². The molecule has 1 aliphatic rings. The summed E-state index contributed by atoms with van der Waals surface area (Å²) in [5, 5.41) is 11.6. The molecule has 15 heavy (non-hydrogen) atoms. The maximum Gasteiger partial charge on any atom is 0.0540 e. The molecule has 0 amide bonds. The van der Waals surface area contributed by atoms with Crippen molar-refractivity contribution >= 4 is 11.3 Å². The molecular formula is C12H19NOS. The van der Waals surface area contributed by atoms with E-state index in [9.17, 15) is 5.11 Å². The van der Waals surface area contributed by atoms with E-state index in [1.807, 2.05) is 0 Å². The van der Waals surface area contributed by atoms with Gasteiger partial charge in [-0.3, -0.25) is 0 Å². The van der Waals surface area contributed by atoms with Crippen molar-refractivity contribution in [2.45, 2.75) is 44.8 Å². The van der Waals surface area contributed by atoms with E-state index in [4.69, 9.17) is 5.73 Å². The van der Waals surface area contributed by atoms with Crippen molar-refractivity contribution < 1.29 is 5.11 Å². The molecule has 1 fully saturated rings. The van der Waals surface area contributed by atoms with Crippen LogP contribution in [0.25, 0.3) is 0 Å². The standard InChI is InChI=1S/C12H19NOS/c1-8-6-7-15-12(8)11(13)9-2-4-10(14)5-3-9/h6-7,9-11,14H,2-5,13H2,1H3. The van der Waals surface area contributed by atoms with Crippen LogP contribution in [0.3, 0.4) is 0 Å². The zero-order valence-corrected chi connectivity index (χ0v) is 9.96. The molecule has 0 aromatic carbocycles. The van der Waals surface area contributed by atoms with Gasteiger partial charge in [-0.1, -0.05) is 0 Å². The molecular weight excluding hydrogens is 206 g/mol. The first kappa shape index (κ1) is 11.1. The molecule has 0 aliphatic heterocycles. The molecule has 1 heterocycles. The molecule has 0 spiro atoms. The smallest absolute Gasteiger partial charge is 0.0540 e. The van der Waals surface area contributed by atoms with Crippen LogP contribution in [0.1, 0.15) is 42.2 Å². The van der Waals surface area contributed by atoms with E-state index in [1.165, 1.54) is 10.4 Å². The second-order valence-corrected chi connectivity index (χ2v) is 5.51. The number of aliphatic hydroxyl groups is 1. The van der Waals surface area contributed by atoms with Crippen LogP contribution >= 0.6 is 11.3 Å². The van der Waals surface area contributed by atoms with Crippen molar-refractivity contribution in [1.82, 2.24) is 0 Å². The van der Waals surface area contributed by atoms with Gasteiger partial charge in [0, 0.05) is 10.9 Å². The molecule has 3 heteroatoms. The minimum atomic E-state index is -0.0853. The normalized spacial score (nSPS) is 29.0. The third-order valence-corrected chi connectivity index (χ3v) is 4.57. The molecule has 2 rings (SSSR count). The van der Waals surface area contributed by atoms with Crippen LogP contribution in [0.5, 0.6) is 0 Å². The van der Waals surface area contributed by atoms with E-state index >= 15 is 0 Å². The summed E-state index contributed by atoms with van der Waals surface area (Å²) in [5.41, 5.74) is 7.61. The second-order valence-electron chi connectivity index (χ2n) is 4.56. The summed E-state index contributed by atoms with van der Waals surface area (Å²) in [6, 6.07) is 2.31. The molecule has 1 atom stereocenters. The molecule has 0 bridgehead atoms. The summed E-state index contributed by atoms with van der Waals surface area (Å²) >= 11 is 1.76. The Balaban J connectivity index is 2.02. The van der Waals surface area contributed by atoms with Crippen molar-refractivity contribution in [2.24, 2.45) is 11.7 Å². The fourth-order valence-electron chi connectivity index (χ4n) is 2.40. The van der Waals surface area contributed by atoms with E-state index in [-0.39, 0.29) is 12.1 Å². The average Bonchev–Trinajstić information content (AvgIpc) is 2.65. The summed E-state index contributed by atoms with van der Waals surface area (Å²) in [6.45, 7) is 2.13. The van der Waals surface area contributed by atoms with Crippen molar-refractivity contribution in [1.29, 1.82) is 0 Å². The largest absolute Gasteiger partial charge is 0.393 e. The molecule has 1 aromatic rings. The van der Waals surface area contributed by atoms with E-state index in [2.05, 4.69) is 18.4 Å². The fourth-order valence-corrected chi connectivity index (χ4v) is 3.42. The Morgan fingerprint density at radius 1 is 1.40 bits per heavy atom. The first-order valence-corrected chi connectivity index (χ1v) is 6.54. The van der Waals surface area contributed by atoms with Gasteiger partial charge in [-0.05, 0) is 55.5 Å². The summed E-state index contributed by atoms with van der Waals surface area (Å²) in [6.07, 6.45) is 3.89. The lowest BCUT2D eigenvalue weighted by Gasteiger charge is -2.29. The van der Waals surface area contributed by atoms with Crippen LogP contribution in [0, 0.1) is 12.8 Å². The molecule has 3 N–H and O–H groups in total. The second kappa shape index (κ2) is 4.64. The first-order valence-electron chi connectivity index (χ1n) is 5.66. The van der Waals surface area contributed by atoms with Gasteiger partial charge in [-0.15, -0.1) is 11.3 Å². The number of thiophene rings is 1. The maximum atomic E-state index is 9.46. The van der Waals surface area contributed by atoms with E-state index in [1.54, 1.807) is 11.3 Å². The summed E-state index contributed by atoms with van der Waals surface area (Å²) < 4.78 is 0. The number of aryl methyl sites for hydroxylation is 1. The molecule has 1 unspecified atom stereocenters. The molecule has 0 saturated heterocycles. The van der Waals surface area contributed by atoms with Crippen molar-refractivity contribution in [2.75, 3.05) is 0 Å². The van der Waals surface area contributed by atoms with Gasteiger partial charge in [-0.2, -0.15) is 0 Å². The third-order valence-electron chi connectivity index (χ3n) is 3.45. The molecule has 1 saturated carbocycles. The molecule has 2 nitrogen and oxygen atoms in total. The Bertz CT molecular complexity index is 315. The predicted molar refractivity (Wildman–Crippen MR) is 63.9 cm³/mol. The number of hydrogen-bond acceptors (Lipinski definition) is 3. The highest BCUT2D eigenvalue weighted by molar-refractivity contribution is 7.10. The predicted octanol–water partition coefficient (Wildman–Crippen LogP) is 2.61. The van der Waals surface area contributed by atoms with Crippen LogP contribution in [-0.2, 0) is 0 Å². The first-order chi connectivity index (χ1) is 7.18. The molecule has 1 aliphatic carbocycles. The van der Waals surface area contributed by atoms with Gasteiger partial charge < -0.3 is 10.8 Å². The number of rotatable bonds is 2. The molecule has 84 valence electrons. The van der Waals surface area contributed by atoms with Crippen molar-refractivity contribution in [3.05, 3.63) is 21.9 Å². The van der Waals surface area contributed by atoms with Crippen LogP contribution < -0.4 is 5.73 Å². The number of aliphatic hydroxyl groups excluding tert-OH is 1. The molecule has 0 radical (unpaired) electrons. The van der Waals surface area contributed by atoms with Crippen molar-refractivity contribution in [3.63, 3.8) is 0 Å². The highest BCUT2D eigenvalue weighted by atomic mass is 32.1. The third kappa shape index (κ3) is 2.41. The van der Waals surface area contributed by atoms with Gasteiger partial charge in [0.05, 0.1) is 6.10 Å². The van der Waals surface area contributed by atoms with Crippen LogP contribution in [-0.4, -0.2) is 11.2 Å². The Labute approximate surface area is 95.1 Å². The van der Waals surface area contributed by atoms with Gasteiger partial charge in [0.1, 0.15) is 0 Å². The van der Waals surface area contributed by atoms with Crippen LogP contribution in [0.2, 0.25) is 0 Å². The van der Waals surface area contributed by atoms with Crippen LogP contribution in [0.15, 0.2) is 11.4 Å². The van der Waals surface area contributed by atoms with Crippen LogP contribution in [0.4, 0.5) is 0 Å². The van der Waals surface area contributed by atoms with E-state index < -0.39 is 0 Å². The van der Waals surface area contributed by atoms with E-state index in [0.29, 0.717) is 5.92 Å². The average molecular weight is 225 g/mol. The summed E-state index contributed by atoms with van der Waals surface area (Å²) in [4.78, 5) is 1.33. The fraction of sp³-hybridized carbons (Fsp3) is 0.667. The van der Waals surface area contributed by atoms with Gasteiger partial charge in [-0.25, -0.2) is 0 Å². The monoisotopic (exact) mass is 225 g/mol. The summed E-state index contributed by atoms with van der Waals surface area (Å²) in [5.74, 6) is 0.561. The lowest BCUT2D eigenvalue weighted by molar-refractivity contribution is 0.102. The highest BCUT2D eigenvalue weighted by Gasteiger charge is 2.26. The highest BCUT2D eigenvalue weighted by Crippen LogP contribution is 2.36. The maximum absolute atomic E-state index is 9.46. The Kier molecular flexibility index (Phi) is 3.44. The Hall–Kier alpha value is -0.380. The zero-order chi connectivity index (χ0) is 10.8. The number of nitrogens with two attached hydrogens (primary N) is 1. The Morgan fingerprint density at radius 2 is 2.07 bits per heavy atom. The molecule has 1 aromatic heterocycles.